The fraction of sp³-hybridized carbons (Fsp3) is 0.391. The zero-order valence-corrected chi connectivity index (χ0v) is 18.8. The topological polar surface area (TPSA) is 105 Å². The van der Waals surface area contributed by atoms with Gasteiger partial charge in [-0.3, -0.25) is 14.5 Å². The zero-order chi connectivity index (χ0) is 22.9. The fourth-order valence-electron chi connectivity index (χ4n) is 4.35. The second-order valence-corrected chi connectivity index (χ2v) is 8.88. The first-order chi connectivity index (χ1) is 15.4. The van der Waals surface area contributed by atoms with Gasteiger partial charge in [0.25, 0.3) is 5.91 Å². The predicted octanol–water partition coefficient (Wildman–Crippen LogP) is 3.21. The van der Waals surface area contributed by atoms with Crippen molar-refractivity contribution in [2.24, 2.45) is 0 Å². The van der Waals surface area contributed by atoms with Crippen LogP contribution in [0.1, 0.15) is 53.1 Å². The van der Waals surface area contributed by atoms with Gasteiger partial charge >= 0.3 is 12.0 Å². The molecule has 1 aromatic heterocycles. The number of benzene rings is 1. The smallest absolute Gasteiger partial charge is 0.341 e. The standard InChI is InChI=1S/C23H25N3O5S/c1-3-23(14-9-6-5-7-10-14)21(29)26(22(30)25-23)13-17(27)24-19-18(20(28)31-4-2)15-11-8-12-16(15)32-19/h5-7,9-10H,3-4,8,11-13H2,1-2H3,(H,24,27)(H,25,30)/t23-/m0/s1. The molecule has 9 heteroatoms. The van der Waals surface area contributed by atoms with Crippen LogP contribution in [0.2, 0.25) is 0 Å². The average molecular weight is 456 g/mol. The monoisotopic (exact) mass is 455 g/mol. The third-order valence-electron chi connectivity index (χ3n) is 5.93. The van der Waals surface area contributed by atoms with E-state index in [0.717, 1.165) is 34.6 Å². The number of esters is 1. The summed E-state index contributed by atoms with van der Waals surface area (Å²) in [6.07, 6.45) is 2.93. The van der Waals surface area contributed by atoms with Crippen molar-refractivity contribution in [3.63, 3.8) is 0 Å². The number of hydrogen-bond donors (Lipinski definition) is 2. The first kappa shape index (κ1) is 22.0. The third kappa shape index (κ3) is 3.66. The van der Waals surface area contributed by atoms with Crippen molar-refractivity contribution in [1.29, 1.82) is 0 Å². The average Bonchev–Trinajstić information content (AvgIpc) is 3.42. The maximum Gasteiger partial charge on any atom is 0.341 e. The number of carbonyl (C=O) groups is 4. The van der Waals surface area contributed by atoms with E-state index in [-0.39, 0.29) is 6.61 Å². The minimum absolute atomic E-state index is 0.234. The maximum atomic E-state index is 13.2. The Morgan fingerprint density at radius 2 is 1.94 bits per heavy atom. The number of urea groups is 1. The van der Waals surface area contributed by atoms with Gasteiger partial charge in [0.05, 0.1) is 12.2 Å². The van der Waals surface area contributed by atoms with Crippen molar-refractivity contribution in [1.82, 2.24) is 10.2 Å². The summed E-state index contributed by atoms with van der Waals surface area (Å²) < 4.78 is 5.18. The van der Waals surface area contributed by atoms with E-state index in [1.807, 2.05) is 13.0 Å². The molecule has 0 bridgehead atoms. The first-order valence-electron chi connectivity index (χ1n) is 10.7. The molecule has 1 saturated heterocycles. The van der Waals surface area contributed by atoms with Gasteiger partial charge < -0.3 is 15.4 Å². The lowest BCUT2D eigenvalue weighted by Gasteiger charge is -2.25. The second-order valence-electron chi connectivity index (χ2n) is 7.78. The molecule has 1 aliphatic carbocycles. The fourth-order valence-corrected chi connectivity index (χ4v) is 5.65. The summed E-state index contributed by atoms with van der Waals surface area (Å²) in [4.78, 5) is 53.2. The molecule has 2 heterocycles. The molecule has 1 fully saturated rings. The molecule has 2 N–H and O–H groups in total. The summed E-state index contributed by atoms with van der Waals surface area (Å²) in [5.74, 6) is -1.48. The van der Waals surface area contributed by atoms with Gasteiger partial charge in [-0.05, 0) is 43.7 Å². The number of nitrogens with one attached hydrogen (secondary N) is 2. The summed E-state index contributed by atoms with van der Waals surface area (Å²) >= 11 is 1.36. The normalized spacial score (nSPS) is 19.6. The molecule has 1 atom stereocenters. The largest absolute Gasteiger partial charge is 0.462 e. The molecule has 0 saturated carbocycles. The Morgan fingerprint density at radius 1 is 1.19 bits per heavy atom. The summed E-state index contributed by atoms with van der Waals surface area (Å²) in [7, 11) is 0. The van der Waals surface area contributed by atoms with Crippen LogP contribution in [-0.2, 0) is 32.7 Å². The number of carbonyl (C=O) groups excluding carboxylic acids is 4. The number of thiophene rings is 1. The van der Waals surface area contributed by atoms with Crippen LogP contribution in [0, 0.1) is 0 Å². The lowest BCUT2D eigenvalue weighted by molar-refractivity contribution is -0.134. The molecule has 0 radical (unpaired) electrons. The van der Waals surface area contributed by atoms with Crippen LogP contribution in [0.4, 0.5) is 9.80 Å². The van der Waals surface area contributed by atoms with Crippen molar-refractivity contribution in [3.05, 3.63) is 51.9 Å². The van der Waals surface area contributed by atoms with E-state index in [1.165, 1.54) is 11.3 Å². The minimum Gasteiger partial charge on any atom is -0.462 e. The maximum absolute atomic E-state index is 13.2. The molecular formula is C23H25N3O5S. The SMILES string of the molecule is CCOC(=O)c1c(NC(=O)CN2C(=O)N[C@@](CC)(c3ccccc3)C2=O)sc2c1CCC2. The van der Waals surface area contributed by atoms with Crippen LogP contribution in [0.25, 0.3) is 0 Å². The Balaban J connectivity index is 1.54. The number of hydrogen-bond acceptors (Lipinski definition) is 6. The van der Waals surface area contributed by atoms with Crippen LogP contribution < -0.4 is 10.6 Å². The molecule has 0 spiro atoms. The van der Waals surface area contributed by atoms with Gasteiger partial charge in [0.1, 0.15) is 17.1 Å². The Morgan fingerprint density at radius 3 is 2.62 bits per heavy atom. The number of aryl methyl sites for hydroxylation is 1. The van der Waals surface area contributed by atoms with E-state index >= 15 is 0 Å². The number of anilines is 1. The molecule has 1 aliphatic heterocycles. The number of ether oxygens (including phenoxy) is 1. The highest BCUT2D eigenvalue weighted by Gasteiger charge is 2.51. The molecule has 2 aromatic rings. The van der Waals surface area contributed by atoms with Crippen LogP contribution in [0.15, 0.2) is 30.3 Å². The number of nitrogens with zero attached hydrogens (tertiary/aromatic N) is 1. The number of amides is 4. The molecule has 4 amide bonds. The van der Waals surface area contributed by atoms with E-state index in [1.54, 1.807) is 31.2 Å². The molecule has 4 rings (SSSR count). The third-order valence-corrected chi connectivity index (χ3v) is 7.14. The highest BCUT2D eigenvalue weighted by molar-refractivity contribution is 7.17. The van der Waals surface area contributed by atoms with Gasteiger partial charge in [-0.2, -0.15) is 0 Å². The number of imide groups is 1. The van der Waals surface area contributed by atoms with Gasteiger partial charge in [-0.25, -0.2) is 9.59 Å². The molecule has 32 heavy (non-hydrogen) atoms. The van der Waals surface area contributed by atoms with Crippen molar-refractivity contribution in [2.75, 3.05) is 18.5 Å². The Bertz CT molecular complexity index is 1080. The highest BCUT2D eigenvalue weighted by Crippen LogP contribution is 2.39. The Kier molecular flexibility index (Phi) is 6.01. The van der Waals surface area contributed by atoms with Crippen LogP contribution in [-0.4, -0.2) is 41.9 Å². The van der Waals surface area contributed by atoms with Crippen LogP contribution in [0.5, 0.6) is 0 Å². The number of fused-ring (bicyclic) bond motifs is 1. The highest BCUT2D eigenvalue weighted by atomic mass is 32.1. The van der Waals surface area contributed by atoms with E-state index in [0.29, 0.717) is 22.5 Å². The summed E-state index contributed by atoms with van der Waals surface area (Å²) in [6, 6.07) is 8.38. The molecule has 0 unspecified atom stereocenters. The van der Waals surface area contributed by atoms with Gasteiger partial charge in [0, 0.05) is 4.88 Å². The van der Waals surface area contributed by atoms with Gasteiger partial charge in [0.15, 0.2) is 0 Å². The Labute approximate surface area is 189 Å². The van der Waals surface area contributed by atoms with Crippen molar-refractivity contribution in [3.8, 4) is 0 Å². The summed E-state index contributed by atoms with van der Waals surface area (Å²) in [6.45, 7) is 3.34. The molecule has 8 nitrogen and oxygen atoms in total. The molecule has 2 aliphatic rings. The predicted molar refractivity (Wildman–Crippen MR) is 120 cm³/mol. The lowest BCUT2D eigenvalue weighted by Crippen LogP contribution is -2.44. The first-order valence-corrected chi connectivity index (χ1v) is 11.5. The van der Waals surface area contributed by atoms with Gasteiger partial charge in [-0.15, -0.1) is 11.3 Å². The van der Waals surface area contributed by atoms with Gasteiger partial charge in [-0.1, -0.05) is 37.3 Å². The van der Waals surface area contributed by atoms with Crippen LogP contribution >= 0.6 is 11.3 Å². The van der Waals surface area contributed by atoms with Gasteiger partial charge in [0.2, 0.25) is 5.91 Å². The molecular weight excluding hydrogens is 430 g/mol. The van der Waals surface area contributed by atoms with E-state index < -0.39 is 35.9 Å². The van der Waals surface area contributed by atoms with E-state index in [4.69, 9.17) is 4.74 Å². The summed E-state index contributed by atoms with van der Waals surface area (Å²) in [5.41, 5.74) is 0.789. The lowest BCUT2D eigenvalue weighted by atomic mass is 9.87. The second kappa shape index (κ2) is 8.74. The zero-order valence-electron chi connectivity index (χ0n) is 18.0. The number of rotatable bonds is 7. The van der Waals surface area contributed by atoms with E-state index in [9.17, 15) is 19.2 Å². The molecule has 168 valence electrons. The summed E-state index contributed by atoms with van der Waals surface area (Å²) in [5, 5.41) is 5.92. The van der Waals surface area contributed by atoms with E-state index in [2.05, 4.69) is 10.6 Å². The minimum atomic E-state index is -1.20. The molecule has 1 aromatic carbocycles. The van der Waals surface area contributed by atoms with Crippen LogP contribution in [0.3, 0.4) is 0 Å². The Hall–Kier alpha value is -3.20. The van der Waals surface area contributed by atoms with Crippen molar-refractivity contribution in [2.45, 2.75) is 45.1 Å². The van der Waals surface area contributed by atoms with Crippen molar-refractivity contribution < 1.29 is 23.9 Å². The van der Waals surface area contributed by atoms with Crippen molar-refractivity contribution >= 4 is 40.2 Å². The quantitative estimate of drug-likeness (QED) is 0.493.